The van der Waals surface area contributed by atoms with Gasteiger partial charge in [0.05, 0.1) is 23.0 Å². The highest BCUT2D eigenvalue weighted by molar-refractivity contribution is 6.33. The molecule has 0 saturated heterocycles. The summed E-state index contributed by atoms with van der Waals surface area (Å²) in [5.74, 6) is -9.36. The number of alkyl halides is 5. The zero-order valence-corrected chi connectivity index (χ0v) is 20.0. The molecule has 0 spiro atoms. The average Bonchev–Trinajstić information content (AvgIpc) is 3.03. The lowest BCUT2D eigenvalue weighted by atomic mass is 9.81. The van der Waals surface area contributed by atoms with Crippen molar-refractivity contribution in [3.05, 3.63) is 58.1 Å². The Morgan fingerprint density at radius 1 is 1.11 bits per heavy atom. The van der Waals surface area contributed by atoms with Gasteiger partial charge in [-0.05, 0) is 47.9 Å². The summed E-state index contributed by atoms with van der Waals surface area (Å²) in [6.45, 7) is -0.862. The van der Waals surface area contributed by atoms with Gasteiger partial charge in [-0.3, -0.25) is 9.59 Å². The van der Waals surface area contributed by atoms with Crippen molar-refractivity contribution in [1.82, 2.24) is 5.32 Å². The van der Waals surface area contributed by atoms with Gasteiger partial charge in [-0.15, -0.1) is 0 Å². The van der Waals surface area contributed by atoms with E-state index in [1.54, 1.807) is 12.1 Å². The van der Waals surface area contributed by atoms with Gasteiger partial charge in [0.2, 0.25) is 0 Å². The van der Waals surface area contributed by atoms with Gasteiger partial charge in [0.1, 0.15) is 5.75 Å². The van der Waals surface area contributed by atoms with Crippen LogP contribution in [0.25, 0.3) is 0 Å². The molecule has 4 N–H and O–H groups in total. The molecule has 13 heteroatoms. The number of aliphatic carboxylic acids is 2. The van der Waals surface area contributed by atoms with E-state index in [-0.39, 0.29) is 18.8 Å². The highest BCUT2D eigenvalue weighted by atomic mass is 35.5. The van der Waals surface area contributed by atoms with Crippen LogP contribution in [-0.4, -0.2) is 53.9 Å². The topological polar surface area (TPSA) is 108 Å². The number of halogens is 6. The number of benzene rings is 2. The first-order valence-electron chi connectivity index (χ1n) is 11.2. The Morgan fingerprint density at radius 2 is 1.78 bits per heavy atom. The number of ether oxygens (including phenoxy) is 1. The molecule has 2 aromatic rings. The van der Waals surface area contributed by atoms with Gasteiger partial charge in [0.15, 0.2) is 6.61 Å². The summed E-state index contributed by atoms with van der Waals surface area (Å²) in [6, 6.07) is 8.79. The number of nitrogens with one attached hydrogen (secondary N) is 2. The van der Waals surface area contributed by atoms with Gasteiger partial charge in [-0.2, -0.15) is 22.0 Å². The molecule has 3 rings (SSSR count). The lowest BCUT2D eigenvalue weighted by Gasteiger charge is -2.25. The molecule has 0 bridgehead atoms. The fraction of sp³-hybridized carbons (Fsp3) is 0.417. The smallest absolute Gasteiger partial charge is 0.456 e. The van der Waals surface area contributed by atoms with E-state index in [1.165, 1.54) is 24.3 Å². The molecule has 7 nitrogen and oxygen atoms in total. The van der Waals surface area contributed by atoms with Crippen LogP contribution < -0.4 is 15.4 Å². The minimum Gasteiger partial charge on any atom is -0.487 e. The quantitative estimate of drug-likeness (QED) is 0.311. The fourth-order valence-corrected chi connectivity index (χ4v) is 4.37. The molecule has 0 aliphatic carbocycles. The number of hydrogen-bond donors (Lipinski definition) is 4. The zero-order valence-electron chi connectivity index (χ0n) is 19.2. The largest absolute Gasteiger partial charge is 0.487 e. The predicted octanol–water partition coefficient (Wildman–Crippen LogP) is 4.93. The molecule has 0 amide bonds. The molecule has 1 aliphatic rings. The predicted molar refractivity (Wildman–Crippen MR) is 124 cm³/mol. The Hall–Kier alpha value is -3.12. The summed E-state index contributed by atoms with van der Waals surface area (Å²) >= 11 is 6.42. The summed E-state index contributed by atoms with van der Waals surface area (Å²) in [7, 11) is 0. The lowest BCUT2D eigenvalue weighted by molar-refractivity contribution is -0.290. The number of carboxylic acids is 2. The average molecular weight is 551 g/mol. The molecule has 1 aliphatic heterocycles. The Labute approximate surface area is 213 Å². The summed E-state index contributed by atoms with van der Waals surface area (Å²) in [4.78, 5) is 23.1. The molecule has 1 heterocycles. The van der Waals surface area contributed by atoms with Crippen LogP contribution in [-0.2, 0) is 22.6 Å². The Bertz CT molecular complexity index is 1130. The number of fused-ring (bicyclic) bond motifs is 1. The van der Waals surface area contributed by atoms with Crippen molar-refractivity contribution >= 4 is 29.2 Å². The van der Waals surface area contributed by atoms with E-state index in [0.29, 0.717) is 34.8 Å². The molecular weight excluding hydrogens is 527 g/mol. The van der Waals surface area contributed by atoms with Crippen molar-refractivity contribution in [2.75, 3.05) is 25.0 Å². The molecule has 202 valence electrons. The van der Waals surface area contributed by atoms with E-state index in [0.717, 1.165) is 5.56 Å². The lowest BCUT2D eigenvalue weighted by Crippen LogP contribution is -2.41. The van der Waals surface area contributed by atoms with E-state index in [2.05, 4.69) is 15.4 Å². The molecule has 2 atom stereocenters. The maximum absolute atomic E-state index is 13.1. The SMILES string of the molecule is O=C(O)CC(C(=O)O)C1CNCCc2c1ccc(Cl)c2NCc1ccc(OCC(F)(F)C(F)(F)F)cc1. The van der Waals surface area contributed by atoms with Crippen LogP contribution in [0.15, 0.2) is 36.4 Å². The second-order valence-corrected chi connectivity index (χ2v) is 8.99. The highest BCUT2D eigenvalue weighted by Gasteiger charge is 2.58. The van der Waals surface area contributed by atoms with Crippen LogP contribution in [0.3, 0.4) is 0 Å². The van der Waals surface area contributed by atoms with Gasteiger partial charge >= 0.3 is 24.0 Å². The maximum atomic E-state index is 13.1. The van der Waals surface area contributed by atoms with Crippen LogP contribution in [0.5, 0.6) is 5.75 Å². The van der Waals surface area contributed by atoms with Crippen LogP contribution in [0.4, 0.5) is 27.6 Å². The number of rotatable bonds is 10. The minimum atomic E-state index is -5.71. The van der Waals surface area contributed by atoms with E-state index in [9.17, 15) is 41.8 Å². The third kappa shape index (κ3) is 7.01. The van der Waals surface area contributed by atoms with Crippen LogP contribution in [0.2, 0.25) is 5.02 Å². The van der Waals surface area contributed by atoms with Crippen LogP contribution in [0, 0.1) is 5.92 Å². The molecular formula is C24H24ClF5N2O5. The molecule has 2 aromatic carbocycles. The monoisotopic (exact) mass is 550 g/mol. The first kappa shape index (κ1) is 28.5. The summed E-state index contributed by atoms with van der Waals surface area (Å²) < 4.78 is 67.6. The van der Waals surface area contributed by atoms with Gasteiger partial charge in [-0.1, -0.05) is 29.8 Å². The Morgan fingerprint density at radius 3 is 2.38 bits per heavy atom. The second kappa shape index (κ2) is 11.5. The summed E-state index contributed by atoms with van der Waals surface area (Å²) in [5, 5.41) is 25.6. The van der Waals surface area contributed by atoms with Crippen molar-refractivity contribution < 1.29 is 46.5 Å². The molecule has 0 radical (unpaired) electrons. The van der Waals surface area contributed by atoms with E-state index in [1.807, 2.05) is 0 Å². The third-order valence-corrected chi connectivity index (χ3v) is 6.35. The first-order chi connectivity index (χ1) is 17.3. The number of hydrogen-bond acceptors (Lipinski definition) is 5. The molecule has 0 saturated carbocycles. The fourth-order valence-electron chi connectivity index (χ4n) is 4.12. The Balaban J connectivity index is 1.77. The number of carbonyl (C=O) groups is 2. The van der Waals surface area contributed by atoms with Crippen molar-refractivity contribution in [3.63, 3.8) is 0 Å². The number of anilines is 1. The second-order valence-electron chi connectivity index (χ2n) is 8.58. The van der Waals surface area contributed by atoms with Crippen LogP contribution >= 0.6 is 11.6 Å². The third-order valence-electron chi connectivity index (χ3n) is 6.04. The first-order valence-corrected chi connectivity index (χ1v) is 11.5. The molecule has 2 unspecified atom stereocenters. The molecule has 0 aromatic heterocycles. The van der Waals surface area contributed by atoms with Crippen LogP contribution in [0.1, 0.15) is 29.0 Å². The zero-order chi connectivity index (χ0) is 27.4. The standard InChI is InChI=1S/C24H24ClF5N2O5/c25-19-6-5-15-16(7-8-31-11-18(15)17(22(35)36)9-20(33)34)21(19)32-10-13-1-3-14(4-2-13)37-12-23(26,27)24(28,29)30/h1-6,17-18,31-32H,7-12H2,(H,33,34)(H,35,36). The normalized spacial score (nSPS) is 16.9. The van der Waals surface area contributed by atoms with E-state index >= 15 is 0 Å². The van der Waals surface area contributed by atoms with E-state index in [4.69, 9.17) is 11.6 Å². The number of carboxylic acid groups (broad SMARTS) is 2. The minimum absolute atomic E-state index is 0.161. The van der Waals surface area contributed by atoms with Gasteiger partial charge in [-0.25, -0.2) is 0 Å². The van der Waals surface area contributed by atoms with Crippen molar-refractivity contribution in [2.24, 2.45) is 5.92 Å². The van der Waals surface area contributed by atoms with Crippen molar-refractivity contribution in [2.45, 2.75) is 37.4 Å². The van der Waals surface area contributed by atoms with Gasteiger partial charge in [0.25, 0.3) is 0 Å². The summed E-state index contributed by atoms with van der Waals surface area (Å²) in [6.07, 6.45) is -5.76. The van der Waals surface area contributed by atoms with E-state index < -0.39 is 48.9 Å². The van der Waals surface area contributed by atoms with Crippen molar-refractivity contribution in [1.29, 1.82) is 0 Å². The van der Waals surface area contributed by atoms with Gasteiger partial charge in [0, 0.05) is 19.0 Å². The maximum Gasteiger partial charge on any atom is 0.456 e. The molecule has 0 fully saturated rings. The highest BCUT2D eigenvalue weighted by Crippen LogP contribution is 2.39. The summed E-state index contributed by atoms with van der Waals surface area (Å²) in [5.41, 5.74) is 2.59. The van der Waals surface area contributed by atoms with Gasteiger partial charge < -0.3 is 25.6 Å². The Kier molecular flexibility index (Phi) is 8.85. The molecule has 37 heavy (non-hydrogen) atoms. The van der Waals surface area contributed by atoms with Crippen molar-refractivity contribution in [3.8, 4) is 5.75 Å².